The fraction of sp³-hybridized carbons (Fsp3) is 0.333. The fourth-order valence-electron chi connectivity index (χ4n) is 1.60. The molecule has 0 aliphatic carbocycles. The first-order chi connectivity index (χ1) is 6.45. The lowest BCUT2D eigenvalue weighted by Crippen LogP contribution is -2.37. The van der Waals surface area contributed by atoms with Crippen molar-refractivity contribution in [1.82, 2.24) is 14.4 Å². The third-order valence-electron chi connectivity index (χ3n) is 2.48. The maximum absolute atomic E-state index is 4.37. The Balaban J connectivity index is 2.17. The van der Waals surface area contributed by atoms with Gasteiger partial charge in [-0.05, 0) is 6.42 Å². The normalized spacial score (nSPS) is 16.2. The summed E-state index contributed by atoms with van der Waals surface area (Å²) in [4.78, 5) is 10.7. The van der Waals surface area contributed by atoms with E-state index in [1.807, 2.05) is 23.1 Å². The molecular formula is C9H10N4. The molecule has 4 nitrogen and oxygen atoms in total. The van der Waals surface area contributed by atoms with Gasteiger partial charge in [0.1, 0.15) is 11.8 Å². The zero-order valence-corrected chi connectivity index (χ0v) is 7.22. The summed E-state index contributed by atoms with van der Waals surface area (Å²) < 4.78 is 2.00. The van der Waals surface area contributed by atoms with Gasteiger partial charge in [0.2, 0.25) is 0 Å². The quantitative estimate of drug-likeness (QED) is 0.645. The first-order valence-corrected chi connectivity index (χ1v) is 4.47. The predicted molar refractivity (Wildman–Crippen MR) is 49.8 cm³/mol. The van der Waals surface area contributed by atoms with Crippen molar-refractivity contribution >= 4 is 11.3 Å². The maximum Gasteiger partial charge on any atom is 0.156 e. The van der Waals surface area contributed by atoms with Crippen molar-refractivity contribution in [3.05, 3.63) is 24.9 Å². The van der Waals surface area contributed by atoms with Crippen LogP contribution < -0.4 is 4.90 Å². The highest BCUT2D eigenvalue weighted by atomic mass is 15.3. The van der Waals surface area contributed by atoms with Gasteiger partial charge in [-0.1, -0.05) is 0 Å². The molecule has 1 aliphatic heterocycles. The Bertz CT molecular complexity index is 430. The average Bonchev–Trinajstić information content (AvgIpc) is 2.47. The first kappa shape index (κ1) is 6.88. The topological polar surface area (TPSA) is 33.4 Å². The second-order valence-electron chi connectivity index (χ2n) is 3.28. The summed E-state index contributed by atoms with van der Waals surface area (Å²) in [5.74, 6) is 1.07. The van der Waals surface area contributed by atoms with E-state index < -0.39 is 0 Å². The van der Waals surface area contributed by atoms with E-state index in [2.05, 4.69) is 14.9 Å². The number of anilines is 1. The molecule has 66 valence electrons. The molecule has 13 heavy (non-hydrogen) atoms. The summed E-state index contributed by atoms with van der Waals surface area (Å²) >= 11 is 0. The zero-order valence-electron chi connectivity index (χ0n) is 7.22. The van der Waals surface area contributed by atoms with Gasteiger partial charge in [-0.2, -0.15) is 0 Å². The minimum Gasteiger partial charge on any atom is -0.355 e. The average molecular weight is 174 g/mol. The number of fused-ring (bicyclic) bond motifs is 1. The minimum absolute atomic E-state index is 1.07. The lowest BCUT2D eigenvalue weighted by molar-refractivity contribution is 0.613. The van der Waals surface area contributed by atoms with E-state index in [1.165, 1.54) is 6.42 Å². The lowest BCUT2D eigenvalue weighted by Gasteiger charge is -2.31. The molecule has 2 aromatic heterocycles. The zero-order chi connectivity index (χ0) is 8.67. The van der Waals surface area contributed by atoms with Crippen LogP contribution in [-0.4, -0.2) is 27.5 Å². The third-order valence-corrected chi connectivity index (χ3v) is 2.48. The molecule has 0 aromatic carbocycles. The smallest absolute Gasteiger partial charge is 0.156 e. The highest BCUT2D eigenvalue weighted by Gasteiger charge is 2.18. The van der Waals surface area contributed by atoms with Gasteiger partial charge in [-0.25, -0.2) is 4.98 Å². The van der Waals surface area contributed by atoms with Gasteiger partial charge in [-0.3, -0.25) is 4.98 Å². The van der Waals surface area contributed by atoms with E-state index in [0.29, 0.717) is 0 Å². The number of nitrogens with zero attached hydrogens (tertiary/aromatic N) is 4. The Morgan fingerprint density at radius 2 is 2.23 bits per heavy atom. The lowest BCUT2D eigenvalue weighted by atomic mass is 10.2. The molecule has 1 aliphatic rings. The summed E-state index contributed by atoms with van der Waals surface area (Å²) in [6.07, 6.45) is 8.67. The van der Waals surface area contributed by atoms with Crippen LogP contribution in [0.1, 0.15) is 6.42 Å². The van der Waals surface area contributed by atoms with Crippen LogP contribution in [-0.2, 0) is 0 Å². The summed E-state index contributed by atoms with van der Waals surface area (Å²) in [5.41, 5.74) is 1.10. The fourth-order valence-corrected chi connectivity index (χ4v) is 1.60. The molecule has 0 saturated carbocycles. The van der Waals surface area contributed by atoms with Crippen LogP contribution in [0.15, 0.2) is 24.9 Å². The molecule has 3 rings (SSSR count). The molecule has 2 aromatic rings. The molecule has 0 unspecified atom stereocenters. The Morgan fingerprint density at radius 1 is 1.31 bits per heavy atom. The van der Waals surface area contributed by atoms with E-state index in [1.54, 1.807) is 6.20 Å². The van der Waals surface area contributed by atoms with E-state index >= 15 is 0 Å². The van der Waals surface area contributed by atoms with Gasteiger partial charge in [0.15, 0.2) is 5.82 Å². The number of hydrogen-bond donors (Lipinski definition) is 0. The molecule has 0 N–H and O–H groups in total. The maximum atomic E-state index is 4.37. The second kappa shape index (κ2) is 2.45. The molecule has 1 fully saturated rings. The minimum atomic E-state index is 1.07. The van der Waals surface area contributed by atoms with Gasteiger partial charge in [-0.15, -0.1) is 0 Å². The Hall–Kier alpha value is -1.58. The van der Waals surface area contributed by atoms with Crippen molar-refractivity contribution < 1.29 is 0 Å². The molecule has 0 radical (unpaired) electrons. The molecular weight excluding hydrogens is 164 g/mol. The summed E-state index contributed by atoms with van der Waals surface area (Å²) in [6, 6.07) is 0. The number of imidazole rings is 1. The Kier molecular flexibility index (Phi) is 1.30. The second-order valence-corrected chi connectivity index (χ2v) is 3.28. The van der Waals surface area contributed by atoms with Crippen LogP contribution >= 0.6 is 0 Å². The third kappa shape index (κ3) is 0.915. The molecule has 0 atom stereocenters. The van der Waals surface area contributed by atoms with Gasteiger partial charge in [0.25, 0.3) is 0 Å². The van der Waals surface area contributed by atoms with Crippen molar-refractivity contribution in [2.24, 2.45) is 0 Å². The van der Waals surface area contributed by atoms with Crippen molar-refractivity contribution in [3.8, 4) is 0 Å². The van der Waals surface area contributed by atoms with Gasteiger partial charge in [0.05, 0.1) is 6.20 Å². The molecule has 1 saturated heterocycles. The molecule has 0 amide bonds. The van der Waals surface area contributed by atoms with Gasteiger partial charge >= 0.3 is 0 Å². The van der Waals surface area contributed by atoms with Crippen molar-refractivity contribution in [2.75, 3.05) is 18.0 Å². The SMILES string of the molecule is c1cn2cnc(N3CCC3)c2cn1. The van der Waals surface area contributed by atoms with Crippen molar-refractivity contribution in [2.45, 2.75) is 6.42 Å². The number of hydrogen-bond acceptors (Lipinski definition) is 3. The van der Waals surface area contributed by atoms with E-state index in [0.717, 1.165) is 24.4 Å². The summed E-state index contributed by atoms with van der Waals surface area (Å²) in [6.45, 7) is 2.25. The Labute approximate surface area is 75.8 Å². The van der Waals surface area contributed by atoms with Gasteiger partial charge < -0.3 is 9.30 Å². The monoisotopic (exact) mass is 174 g/mol. The van der Waals surface area contributed by atoms with Crippen LogP contribution in [0.5, 0.6) is 0 Å². The van der Waals surface area contributed by atoms with E-state index in [4.69, 9.17) is 0 Å². The van der Waals surface area contributed by atoms with Crippen LogP contribution in [0, 0.1) is 0 Å². The predicted octanol–water partition coefficient (Wildman–Crippen LogP) is 0.939. The highest BCUT2D eigenvalue weighted by molar-refractivity contribution is 5.69. The van der Waals surface area contributed by atoms with Crippen molar-refractivity contribution in [3.63, 3.8) is 0 Å². The largest absolute Gasteiger partial charge is 0.355 e. The summed E-state index contributed by atoms with van der Waals surface area (Å²) in [5, 5.41) is 0. The molecule has 0 spiro atoms. The van der Waals surface area contributed by atoms with Crippen LogP contribution in [0.2, 0.25) is 0 Å². The van der Waals surface area contributed by atoms with E-state index in [-0.39, 0.29) is 0 Å². The van der Waals surface area contributed by atoms with Crippen molar-refractivity contribution in [1.29, 1.82) is 0 Å². The molecule has 0 bridgehead atoms. The molecule has 3 heterocycles. The summed E-state index contributed by atoms with van der Waals surface area (Å²) in [7, 11) is 0. The number of rotatable bonds is 1. The van der Waals surface area contributed by atoms with Crippen LogP contribution in [0.3, 0.4) is 0 Å². The van der Waals surface area contributed by atoms with Crippen LogP contribution in [0.4, 0.5) is 5.82 Å². The molecule has 4 heteroatoms. The number of aromatic nitrogens is 3. The van der Waals surface area contributed by atoms with Crippen LogP contribution in [0.25, 0.3) is 5.52 Å². The highest BCUT2D eigenvalue weighted by Crippen LogP contribution is 2.22. The van der Waals surface area contributed by atoms with E-state index in [9.17, 15) is 0 Å². The Morgan fingerprint density at radius 3 is 3.00 bits per heavy atom. The standard InChI is InChI=1S/C9H10N4/c1-3-12(4-1)9-8-6-10-2-5-13(8)7-11-9/h2,5-7H,1,3-4H2. The first-order valence-electron chi connectivity index (χ1n) is 4.47. The van der Waals surface area contributed by atoms with Gasteiger partial charge in [0, 0.05) is 25.5 Å².